The summed E-state index contributed by atoms with van der Waals surface area (Å²) in [4.78, 5) is 31.4. The molecule has 3 heterocycles. The zero-order valence-electron chi connectivity index (χ0n) is 16.5. The second-order valence-corrected chi connectivity index (χ2v) is 7.16. The minimum Gasteiger partial charge on any atom is -0.345 e. The molecule has 10 heteroatoms. The van der Waals surface area contributed by atoms with Crippen LogP contribution in [0.4, 0.5) is 11.5 Å². The van der Waals surface area contributed by atoms with Crippen LogP contribution in [0.3, 0.4) is 0 Å². The molecule has 0 spiro atoms. The van der Waals surface area contributed by atoms with Crippen LogP contribution in [0.2, 0.25) is 0 Å². The van der Waals surface area contributed by atoms with Gasteiger partial charge in [-0.1, -0.05) is 18.2 Å². The molecule has 3 aromatic heterocycles. The van der Waals surface area contributed by atoms with Crippen molar-refractivity contribution in [2.75, 3.05) is 5.32 Å². The number of carbonyl (C=O) groups is 1. The van der Waals surface area contributed by atoms with E-state index in [4.69, 9.17) is 0 Å². The molecular weight excluding hydrogens is 394 g/mol. The van der Waals surface area contributed by atoms with Crippen molar-refractivity contribution in [2.24, 2.45) is 0 Å². The summed E-state index contributed by atoms with van der Waals surface area (Å²) in [6, 6.07) is 9.58. The lowest BCUT2D eigenvalue weighted by Crippen LogP contribution is -2.26. The van der Waals surface area contributed by atoms with Gasteiger partial charge in [-0.25, -0.2) is 19.9 Å². The van der Waals surface area contributed by atoms with Crippen molar-refractivity contribution in [2.45, 2.75) is 25.3 Å². The maximum Gasteiger partial charge on any atom is 0.274 e. The molecule has 0 bridgehead atoms. The lowest BCUT2D eigenvalue weighted by molar-refractivity contribution is 0.0945. The van der Waals surface area contributed by atoms with Crippen molar-refractivity contribution >= 4 is 17.4 Å². The van der Waals surface area contributed by atoms with E-state index in [1.54, 1.807) is 24.8 Å². The Morgan fingerprint density at radius 1 is 1.06 bits per heavy atom. The van der Waals surface area contributed by atoms with E-state index >= 15 is 0 Å². The third-order valence-electron chi connectivity index (χ3n) is 4.78. The minimum atomic E-state index is -0.344. The quantitative estimate of drug-likeness (QED) is 0.473. The monoisotopic (exact) mass is 413 g/mol. The predicted octanol–water partition coefficient (Wildman–Crippen LogP) is 2.40. The molecule has 1 amide bonds. The normalized spacial score (nSPS) is 13.0. The molecule has 0 atom stereocenters. The summed E-state index contributed by atoms with van der Waals surface area (Å²) in [6.45, 7) is 0.217. The number of para-hydroxylation sites is 1. The average Bonchev–Trinajstić information content (AvgIpc) is 3.56. The van der Waals surface area contributed by atoms with Crippen LogP contribution in [-0.2, 0) is 6.54 Å². The first-order valence-corrected chi connectivity index (χ1v) is 9.90. The maximum absolute atomic E-state index is 13.0. The van der Waals surface area contributed by atoms with Gasteiger partial charge in [-0.15, -0.1) is 0 Å². The van der Waals surface area contributed by atoms with Crippen LogP contribution in [0.25, 0.3) is 5.69 Å². The number of benzene rings is 1. The highest BCUT2D eigenvalue weighted by molar-refractivity contribution is 5.97. The van der Waals surface area contributed by atoms with E-state index < -0.39 is 0 Å². The average molecular weight is 413 g/mol. The standard InChI is InChI=1S/C21H19N9O/c31-21(25-10-16-11-26-30(29-16)17-4-2-1-3-5-17)19-20(27-15-8-22-13-23-9-15)24-12-18(28-19)14-6-7-14/h1-5,8-9,11-14H,6-7,10H2,(H,24,27)(H,25,31). The molecule has 0 unspecified atom stereocenters. The van der Waals surface area contributed by atoms with Crippen LogP contribution < -0.4 is 10.6 Å². The maximum atomic E-state index is 13.0. The number of carbonyl (C=O) groups excluding carboxylic acids is 1. The van der Waals surface area contributed by atoms with E-state index in [0.717, 1.165) is 24.2 Å². The van der Waals surface area contributed by atoms with Crippen molar-refractivity contribution in [3.63, 3.8) is 0 Å². The number of amides is 1. The van der Waals surface area contributed by atoms with E-state index in [9.17, 15) is 4.79 Å². The molecule has 0 saturated heterocycles. The van der Waals surface area contributed by atoms with Gasteiger partial charge < -0.3 is 10.6 Å². The predicted molar refractivity (Wildman–Crippen MR) is 112 cm³/mol. The molecule has 31 heavy (non-hydrogen) atoms. The van der Waals surface area contributed by atoms with Crippen molar-refractivity contribution in [3.8, 4) is 5.69 Å². The van der Waals surface area contributed by atoms with Gasteiger partial charge in [-0.05, 0) is 25.0 Å². The molecule has 5 rings (SSSR count). The first kappa shape index (κ1) is 18.8. The van der Waals surface area contributed by atoms with Gasteiger partial charge in [0.2, 0.25) is 0 Å². The van der Waals surface area contributed by atoms with Gasteiger partial charge in [0.1, 0.15) is 12.0 Å². The highest BCUT2D eigenvalue weighted by Gasteiger charge is 2.27. The van der Waals surface area contributed by atoms with Crippen LogP contribution in [0.5, 0.6) is 0 Å². The molecule has 0 radical (unpaired) electrons. The van der Waals surface area contributed by atoms with Crippen molar-refractivity contribution < 1.29 is 4.79 Å². The summed E-state index contributed by atoms with van der Waals surface area (Å²) in [7, 11) is 0. The number of nitrogens with one attached hydrogen (secondary N) is 2. The van der Waals surface area contributed by atoms with Crippen molar-refractivity contribution in [3.05, 3.63) is 78.5 Å². The number of aromatic nitrogens is 7. The molecule has 1 aliphatic rings. The number of nitrogens with zero attached hydrogens (tertiary/aromatic N) is 7. The molecule has 1 aliphatic carbocycles. The smallest absolute Gasteiger partial charge is 0.274 e. The van der Waals surface area contributed by atoms with Crippen LogP contribution in [-0.4, -0.2) is 40.8 Å². The summed E-state index contributed by atoms with van der Waals surface area (Å²) < 4.78 is 0. The van der Waals surface area contributed by atoms with E-state index in [1.165, 1.54) is 11.1 Å². The Kier molecular flexibility index (Phi) is 5.01. The molecule has 4 aromatic rings. The van der Waals surface area contributed by atoms with Crippen LogP contribution in [0, 0.1) is 0 Å². The molecular formula is C21H19N9O. The first-order valence-electron chi connectivity index (χ1n) is 9.90. The summed E-state index contributed by atoms with van der Waals surface area (Å²) in [5, 5.41) is 14.6. The Morgan fingerprint density at radius 3 is 2.65 bits per heavy atom. The Balaban J connectivity index is 1.33. The largest absolute Gasteiger partial charge is 0.345 e. The molecule has 1 saturated carbocycles. The number of hydrogen-bond acceptors (Lipinski definition) is 8. The second kappa shape index (κ2) is 8.27. The molecule has 1 fully saturated rings. The van der Waals surface area contributed by atoms with Gasteiger partial charge in [0.15, 0.2) is 11.5 Å². The lowest BCUT2D eigenvalue weighted by Gasteiger charge is -2.11. The van der Waals surface area contributed by atoms with Gasteiger partial charge in [-0.2, -0.15) is 15.0 Å². The van der Waals surface area contributed by atoms with E-state index in [2.05, 4.69) is 40.8 Å². The molecule has 2 N–H and O–H groups in total. The number of hydrogen-bond donors (Lipinski definition) is 2. The van der Waals surface area contributed by atoms with Crippen molar-refractivity contribution in [1.29, 1.82) is 0 Å². The fourth-order valence-electron chi connectivity index (χ4n) is 3.04. The van der Waals surface area contributed by atoms with E-state index in [0.29, 0.717) is 23.1 Å². The highest BCUT2D eigenvalue weighted by Crippen LogP contribution is 2.39. The van der Waals surface area contributed by atoms with E-state index in [1.807, 2.05) is 30.3 Å². The van der Waals surface area contributed by atoms with Crippen LogP contribution >= 0.6 is 0 Å². The SMILES string of the molecule is O=C(NCc1cnn(-c2ccccc2)n1)c1nc(C2CC2)cnc1Nc1cncnc1. The van der Waals surface area contributed by atoms with Crippen molar-refractivity contribution in [1.82, 2.24) is 40.2 Å². The number of anilines is 2. The molecule has 154 valence electrons. The third-order valence-corrected chi connectivity index (χ3v) is 4.78. The Bertz CT molecular complexity index is 1190. The van der Waals surface area contributed by atoms with E-state index in [-0.39, 0.29) is 18.1 Å². The lowest BCUT2D eigenvalue weighted by atomic mass is 10.2. The zero-order chi connectivity index (χ0) is 21.0. The Morgan fingerprint density at radius 2 is 1.87 bits per heavy atom. The first-order chi connectivity index (χ1) is 15.3. The summed E-state index contributed by atoms with van der Waals surface area (Å²) >= 11 is 0. The van der Waals surface area contributed by atoms with Crippen LogP contribution in [0.1, 0.15) is 40.6 Å². The molecule has 1 aromatic carbocycles. The Hall–Kier alpha value is -4.21. The third kappa shape index (κ3) is 4.37. The summed E-state index contributed by atoms with van der Waals surface area (Å²) in [6.07, 6.45) is 10.1. The van der Waals surface area contributed by atoms with Gasteiger partial charge >= 0.3 is 0 Å². The highest BCUT2D eigenvalue weighted by atomic mass is 16.1. The fraction of sp³-hybridized carbons (Fsp3) is 0.190. The van der Waals surface area contributed by atoms with Crippen LogP contribution in [0.15, 0.2) is 61.4 Å². The van der Waals surface area contributed by atoms with Gasteiger partial charge in [0, 0.05) is 5.92 Å². The minimum absolute atomic E-state index is 0.217. The van der Waals surface area contributed by atoms with Gasteiger partial charge in [-0.3, -0.25) is 4.79 Å². The fourth-order valence-corrected chi connectivity index (χ4v) is 3.04. The zero-order valence-corrected chi connectivity index (χ0v) is 16.5. The van der Waals surface area contributed by atoms with Gasteiger partial charge in [0.05, 0.1) is 48.4 Å². The number of rotatable bonds is 7. The summed E-state index contributed by atoms with van der Waals surface area (Å²) in [5.41, 5.74) is 3.16. The van der Waals surface area contributed by atoms with Gasteiger partial charge in [0.25, 0.3) is 5.91 Å². The molecule has 0 aliphatic heterocycles. The second-order valence-electron chi connectivity index (χ2n) is 7.16. The Labute approximate surface area is 177 Å². The topological polar surface area (TPSA) is 123 Å². The summed E-state index contributed by atoms with van der Waals surface area (Å²) in [5.74, 6) is 0.382. The molecule has 10 nitrogen and oxygen atoms in total.